The van der Waals surface area contributed by atoms with Gasteiger partial charge >= 0.3 is 0 Å². The van der Waals surface area contributed by atoms with Gasteiger partial charge in [-0.1, -0.05) is 35.5 Å². The van der Waals surface area contributed by atoms with Crippen LogP contribution in [-0.4, -0.2) is 15.1 Å². The van der Waals surface area contributed by atoms with Gasteiger partial charge in [-0.25, -0.2) is 9.97 Å². The molecule has 0 bridgehead atoms. The molecule has 100 valence electrons. The van der Waals surface area contributed by atoms with E-state index in [0.717, 1.165) is 11.3 Å². The van der Waals surface area contributed by atoms with E-state index in [1.165, 1.54) is 0 Å². The average molecular weight is 267 g/mol. The largest absolute Gasteiger partial charge is 0.384 e. The first-order valence-electron chi connectivity index (χ1n) is 6.15. The Morgan fingerprint density at radius 3 is 2.70 bits per heavy atom. The predicted octanol–water partition coefficient (Wildman–Crippen LogP) is 2.33. The number of aromatic nitrogens is 3. The number of nitrogens with one attached hydrogen (secondary N) is 1. The zero-order valence-corrected chi connectivity index (χ0v) is 10.7. The van der Waals surface area contributed by atoms with Crippen LogP contribution in [-0.2, 0) is 6.54 Å². The molecule has 0 aliphatic rings. The van der Waals surface area contributed by atoms with Crippen LogP contribution in [0.4, 0.5) is 11.6 Å². The van der Waals surface area contributed by atoms with Crippen molar-refractivity contribution in [2.45, 2.75) is 6.54 Å². The molecule has 1 aromatic carbocycles. The molecule has 0 spiro atoms. The lowest BCUT2D eigenvalue weighted by Crippen LogP contribution is -2.04. The summed E-state index contributed by atoms with van der Waals surface area (Å²) in [6.07, 6.45) is 1.60. The van der Waals surface area contributed by atoms with Gasteiger partial charge in [0, 0.05) is 17.7 Å². The molecule has 3 N–H and O–H groups in total. The number of nitrogen functional groups attached to an aromatic ring is 1. The summed E-state index contributed by atoms with van der Waals surface area (Å²) in [6, 6.07) is 13.2. The third-order valence-corrected chi connectivity index (χ3v) is 2.71. The molecule has 6 nitrogen and oxygen atoms in total. The molecule has 0 aliphatic carbocycles. The number of hydrogen-bond donors (Lipinski definition) is 2. The Bertz CT molecular complexity index is 682. The quantitative estimate of drug-likeness (QED) is 0.754. The Hall–Kier alpha value is -2.89. The smallest absolute Gasteiger partial charge is 0.163 e. The lowest BCUT2D eigenvalue weighted by molar-refractivity contribution is 0.388. The van der Waals surface area contributed by atoms with Crippen molar-refractivity contribution in [1.82, 2.24) is 15.1 Å². The van der Waals surface area contributed by atoms with E-state index in [1.807, 2.05) is 30.3 Å². The van der Waals surface area contributed by atoms with Gasteiger partial charge in [0.1, 0.15) is 11.6 Å². The zero-order valence-electron chi connectivity index (χ0n) is 10.7. The van der Waals surface area contributed by atoms with Crippen molar-refractivity contribution in [1.29, 1.82) is 0 Å². The van der Waals surface area contributed by atoms with Gasteiger partial charge in [-0.3, -0.25) is 0 Å². The fourth-order valence-corrected chi connectivity index (χ4v) is 1.78. The molecular formula is C14H13N5O. The second-order valence-corrected chi connectivity index (χ2v) is 4.20. The average Bonchev–Trinajstić information content (AvgIpc) is 2.99. The minimum atomic E-state index is 0.416. The molecule has 0 atom stereocenters. The lowest BCUT2D eigenvalue weighted by Gasteiger charge is -2.07. The molecule has 3 aromatic rings. The Labute approximate surface area is 115 Å². The summed E-state index contributed by atoms with van der Waals surface area (Å²) < 4.78 is 5.01. The van der Waals surface area contributed by atoms with Crippen molar-refractivity contribution in [2.75, 3.05) is 11.1 Å². The molecular weight excluding hydrogens is 254 g/mol. The zero-order chi connectivity index (χ0) is 13.8. The predicted molar refractivity (Wildman–Crippen MR) is 75.7 cm³/mol. The molecule has 0 amide bonds. The van der Waals surface area contributed by atoms with Gasteiger partial charge in [-0.15, -0.1) is 0 Å². The van der Waals surface area contributed by atoms with Gasteiger partial charge in [0.05, 0.1) is 12.7 Å². The van der Waals surface area contributed by atoms with Crippen LogP contribution >= 0.6 is 0 Å². The fourth-order valence-electron chi connectivity index (χ4n) is 1.78. The van der Waals surface area contributed by atoms with Gasteiger partial charge in [0.15, 0.2) is 11.6 Å². The first-order valence-corrected chi connectivity index (χ1v) is 6.15. The summed E-state index contributed by atoms with van der Waals surface area (Å²) in [5.41, 5.74) is 6.74. The second-order valence-electron chi connectivity index (χ2n) is 4.20. The van der Waals surface area contributed by atoms with Crippen LogP contribution in [0.1, 0.15) is 5.76 Å². The van der Waals surface area contributed by atoms with Crippen molar-refractivity contribution in [3.63, 3.8) is 0 Å². The van der Waals surface area contributed by atoms with Crippen molar-refractivity contribution in [2.24, 2.45) is 0 Å². The molecule has 2 heterocycles. The van der Waals surface area contributed by atoms with Crippen molar-refractivity contribution in [3.05, 3.63) is 54.4 Å². The van der Waals surface area contributed by atoms with Crippen LogP contribution in [0.25, 0.3) is 11.4 Å². The van der Waals surface area contributed by atoms with Crippen molar-refractivity contribution < 1.29 is 4.52 Å². The Morgan fingerprint density at radius 1 is 1.10 bits per heavy atom. The molecule has 0 unspecified atom stereocenters. The van der Waals surface area contributed by atoms with Crippen LogP contribution in [0, 0.1) is 0 Å². The highest BCUT2D eigenvalue weighted by Gasteiger charge is 2.05. The van der Waals surface area contributed by atoms with Crippen molar-refractivity contribution >= 4 is 11.6 Å². The van der Waals surface area contributed by atoms with Crippen LogP contribution < -0.4 is 11.1 Å². The Kier molecular flexibility index (Phi) is 3.28. The first-order chi connectivity index (χ1) is 9.81. The molecule has 0 saturated carbocycles. The molecule has 3 rings (SSSR count). The number of benzene rings is 1. The topological polar surface area (TPSA) is 89.9 Å². The summed E-state index contributed by atoms with van der Waals surface area (Å²) in [4.78, 5) is 8.68. The Morgan fingerprint density at radius 2 is 1.95 bits per heavy atom. The summed E-state index contributed by atoms with van der Waals surface area (Å²) in [5, 5.41) is 6.78. The van der Waals surface area contributed by atoms with E-state index in [0.29, 0.717) is 24.0 Å². The normalized spacial score (nSPS) is 10.4. The number of nitrogens with two attached hydrogens (primary N) is 1. The first kappa shape index (κ1) is 12.2. The number of nitrogens with zero attached hydrogens (tertiary/aromatic N) is 3. The lowest BCUT2D eigenvalue weighted by atomic mass is 10.2. The number of hydrogen-bond acceptors (Lipinski definition) is 6. The molecule has 0 fully saturated rings. The van der Waals surface area contributed by atoms with Gasteiger partial charge in [-0.05, 0) is 0 Å². The SMILES string of the molecule is Nc1cc(NCc2ccno2)nc(-c2ccccc2)n1. The van der Waals surface area contributed by atoms with E-state index in [4.69, 9.17) is 10.3 Å². The van der Waals surface area contributed by atoms with Gasteiger partial charge in [0.2, 0.25) is 0 Å². The van der Waals surface area contributed by atoms with E-state index in [-0.39, 0.29) is 0 Å². The van der Waals surface area contributed by atoms with E-state index in [1.54, 1.807) is 18.3 Å². The Balaban J connectivity index is 1.83. The summed E-state index contributed by atoms with van der Waals surface area (Å²) in [6.45, 7) is 0.491. The van der Waals surface area contributed by atoms with Gasteiger partial charge < -0.3 is 15.6 Å². The van der Waals surface area contributed by atoms with E-state index in [9.17, 15) is 0 Å². The molecule has 6 heteroatoms. The van der Waals surface area contributed by atoms with E-state index < -0.39 is 0 Å². The van der Waals surface area contributed by atoms with Crippen LogP contribution in [0.2, 0.25) is 0 Å². The minimum Gasteiger partial charge on any atom is -0.384 e. The number of rotatable bonds is 4. The molecule has 20 heavy (non-hydrogen) atoms. The molecule has 0 radical (unpaired) electrons. The molecule has 0 aliphatic heterocycles. The summed E-state index contributed by atoms with van der Waals surface area (Å²) in [5.74, 6) is 2.38. The second kappa shape index (κ2) is 5.40. The minimum absolute atomic E-state index is 0.416. The third-order valence-electron chi connectivity index (χ3n) is 2.71. The van der Waals surface area contributed by atoms with Gasteiger partial charge in [-0.2, -0.15) is 0 Å². The van der Waals surface area contributed by atoms with E-state index >= 15 is 0 Å². The van der Waals surface area contributed by atoms with Crippen LogP contribution in [0.15, 0.2) is 53.2 Å². The maximum absolute atomic E-state index is 5.82. The van der Waals surface area contributed by atoms with Crippen molar-refractivity contribution in [3.8, 4) is 11.4 Å². The maximum atomic E-state index is 5.82. The summed E-state index contributed by atoms with van der Waals surface area (Å²) >= 11 is 0. The number of anilines is 2. The fraction of sp³-hybridized carbons (Fsp3) is 0.0714. The highest BCUT2D eigenvalue weighted by molar-refractivity contribution is 5.60. The highest BCUT2D eigenvalue weighted by atomic mass is 16.5. The highest BCUT2D eigenvalue weighted by Crippen LogP contribution is 2.18. The third kappa shape index (κ3) is 2.74. The molecule has 0 saturated heterocycles. The summed E-state index contributed by atoms with van der Waals surface area (Å²) in [7, 11) is 0. The van der Waals surface area contributed by atoms with Crippen LogP contribution in [0.3, 0.4) is 0 Å². The van der Waals surface area contributed by atoms with Gasteiger partial charge in [0.25, 0.3) is 0 Å². The monoisotopic (exact) mass is 267 g/mol. The van der Waals surface area contributed by atoms with E-state index in [2.05, 4.69) is 20.4 Å². The maximum Gasteiger partial charge on any atom is 0.163 e. The van der Waals surface area contributed by atoms with Crippen LogP contribution in [0.5, 0.6) is 0 Å². The standard InChI is InChI=1S/C14H13N5O/c15-12-8-13(16-9-11-6-7-17-20-11)19-14(18-12)10-4-2-1-3-5-10/h1-8H,9H2,(H3,15,16,18,19). The molecule has 2 aromatic heterocycles.